The monoisotopic (exact) mass is 495 g/mol. The van der Waals surface area contributed by atoms with Crippen molar-refractivity contribution in [1.82, 2.24) is 4.98 Å². The third kappa shape index (κ3) is 5.73. The molecule has 0 saturated carbocycles. The molecule has 1 aromatic heterocycles. The molecule has 9 heteroatoms. The Morgan fingerprint density at radius 3 is 2.59 bits per heavy atom. The predicted molar refractivity (Wildman–Crippen MR) is 136 cm³/mol. The van der Waals surface area contributed by atoms with Gasteiger partial charge in [-0.1, -0.05) is 23.5 Å². The van der Waals surface area contributed by atoms with E-state index in [2.05, 4.69) is 15.6 Å². The molecule has 2 N–H and O–H groups in total. The number of amides is 2. The van der Waals surface area contributed by atoms with Crippen LogP contribution in [0.3, 0.4) is 0 Å². The molecule has 0 bridgehead atoms. The van der Waals surface area contributed by atoms with Gasteiger partial charge in [-0.15, -0.1) is 11.8 Å². The van der Waals surface area contributed by atoms with E-state index in [1.807, 2.05) is 32.0 Å². The molecule has 1 unspecified atom stereocenters. The number of hydrogen-bond acceptors (Lipinski definition) is 6. The standard InChI is InChI=1S/C25H22FN3O3S2/c1-3-32-17-10-13-21-22(14-17)34-25(28-21)29-23(30)15(2)33-18-11-8-16(9-12-18)27-24(31)19-6-4-5-7-20(19)26/h4-15H,3H2,1-2H3,(H,27,31)(H,28,29,30). The Labute approximate surface area is 204 Å². The minimum absolute atomic E-state index is 0.0183. The second kappa shape index (κ2) is 10.7. The first kappa shape index (κ1) is 23.7. The molecular formula is C25H22FN3O3S2. The molecule has 1 atom stereocenters. The maximum absolute atomic E-state index is 13.8. The molecule has 3 aromatic carbocycles. The summed E-state index contributed by atoms with van der Waals surface area (Å²) in [5.74, 6) is -0.481. The van der Waals surface area contributed by atoms with Crippen LogP contribution in [0.5, 0.6) is 5.75 Å². The van der Waals surface area contributed by atoms with Crippen molar-refractivity contribution in [3.63, 3.8) is 0 Å². The lowest BCUT2D eigenvalue weighted by atomic mass is 10.2. The number of aromatic nitrogens is 1. The zero-order valence-electron chi connectivity index (χ0n) is 18.5. The molecule has 1 heterocycles. The van der Waals surface area contributed by atoms with Gasteiger partial charge in [0.05, 0.1) is 27.6 Å². The topological polar surface area (TPSA) is 80.3 Å². The van der Waals surface area contributed by atoms with Crippen LogP contribution in [0.4, 0.5) is 15.2 Å². The summed E-state index contributed by atoms with van der Waals surface area (Å²) in [6.45, 7) is 4.33. The van der Waals surface area contributed by atoms with Crippen LogP contribution in [0, 0.1) is 5.82 Å². The molecule has 0 fully saturated rings. The van der Waals surface area contributed by atoms with E-state index in [1.54, 1.807) is 30.3 Å². The second-order valence-electron chi connectivity index (χ2n) is 7.29. The highest BCUT2D eigenvalue weighted by Crippen LogP contribution is 2.31. The van der Waals surface area contributed by atoms with Crippen LogP contribution >= 0.6 is 23.1 Å². The highest BCUT2D eigenvalue weighted by molar-refractivity contribution is 8.00. The molecule has 4 aromatic rings. The average molecular weight is 496 g/mol. The Kier molecular flexibility index (Phi) is 7.44. The quantitative estimate of drug-likeness (QED) is 0.284. The first-order valence-corrected chi connectivity index (χ1v) is 12.3. The number of fused-ring (bicyclic) bond motifs is 1. The van der Waals surface area contributed by atoms with Crippen molar-refractivity contribution in [2.75, 3.05) is 17.2 Å². The Morgan fingerprint density at radius 1 is 1.09 bits per heavy atom. The fraction of sp³-hybridized carbons (Fsp3) is 0.160. The number of anilines is 2. The van der Waals surface area contributed by atoms with Gasteiger partial charge in [-0.2, -0.15) is 0 Å². The molecular weight excluding hydrogens is 473 g/mol. The van der Waals surface area contributed by atoms with Crippen molar-refractivity contribution in [3.8, 4) is 5.75 Å². The Bertz CT molecular complexity index is 1320. The van der Waals surface area contributed by atoms with Gasteiger partial charge in [-0.3, -0.25) is 9.59 Å². The van der Waals surface area contributed by atoms with E-state index in [0.29, 0.717) is 17.4 Å². The fourth-order valence-electron chi connectivity index (χ4n) is 3.14. The molecule has 0 radical (unpaired) electrons. The number of hydrogen-bond donors (Lipinski definition) is 2. The number of thioether (sulfide) groups is 1. The second-order valence-corrected chi connectivity index (χ2v) is 9.73. The van der Waals surface area contributed by atoms with E-state index < -0.39 is 11.7 Å². The van der Waals surface area contributed by atoms with E-state index in [9.17, 15) is 14.0 Å². The molecule has 4 rings (SSSR count). The van der Waals surface area contributed by atoms with Crippen LogP contribution in [-0.4, -0.2) is 28.7 Å². The number of thiazole rings is 1. The van der Waals surface area contributed by atoms with Crippen molar-refractivity contribution < 1.29 is 18.7 Å². The Morgan fingerprint density at radius 2 is 1.85 bits per heavy atom. The molecule has 0 aliphatic carbocycles. The lowest BCUT2D eigenvalue weighted by molar-refractivity contribution is -0.115. The smallest absolute Gasteiger partial charge is 0.258 e. The maximum Gasteiger partial charge on any atom is 0.258 e. The van der Waals surface area contributed by atoms with Crippen LogP contribution in [0.25, 0.3) is 10.2 Å². The summed E-state index contributed by atoms with van der Waals surface area (Å²) in [5, 5.41) is 5.72. The number of halogens is 1. The van der Waals surface area contributed by atoms with Crippen LogP contribution < -0.4 is 15.4 Å². The fourth-order valence-corrected chi connectivity index (χ4v) is 4.90. The molecule has 6 nitrogen and oxygen atoms in total. The van der Waals surface area contributed by atoms with Crippen LogP contribution in [-0.2, 0) is 4.79 Å². The van der Waals surface area contributed by atoms with Gasteiger partial charge in [-0.05, 0) is 68.4 Å². The lowest BCUT2D eigenvalue weighted by Gasteiger charge is -2.11. The van der Waals surface area contributed by atoms with E-state index in [4.69, 9.17) is 4.74 Å². The average Bonchev–Trinajstić information content (AvgIpc) is 3.22. The van der Waals surface area contributed by atoms with Crippen molar-refractivity contribution in [1.29, 1.82) is 0 Å². The Hall–Kier alpha value is -3.43. The van der Waals surface area contributed by atoms with Gasteiger partial charge >= 0.3 is 0 Å². The number of carbonyl (C=O) groups excluding carboxylic acids is 2. The number of carbonyl (C=O) groups is 2. The summed E-state index contributed by atoms with van der Waals surface area (Å²) in [5.41, 5.74) is 1.32. The van der Waals surface area contributed by atoms with Crippen LogP contribution in [0.1, 0.15) is 24.2 Å². The lowest BCUT2D eigenvalue weighted by Crippen LogP contribution is -2.22. The van der Waals surface area contributed by atoms with E-state index in [-0.39, 0.29) is 16.7 Å². The van der Waals surface area contributed by atoms with Gasteiger partial charge in [-0.25, -0.2) is 9.37 Å². The molecule has 174 valence electrons. The van der Waals surface area contributed by atoms with E-state index in [0.717, 1.165) is 20.9 Å². The van der Waals surface area contributed by atoms with Gasteiger partial charge in [0.1, 0.15) is 11.6 Å². The molecule has 0 saturated heterocycles. The SMILES string of the molecule is CCOc1ccc2nc(NC(=O)C(C)Sc3ccc(NC(=O)c4ccccc4F)cc3)sc2c1. The summed E-state index contributed by atoms with van der Waals surface area (Å²) in [6.07, 6.45) is 0. The Balaban J connectivity index is 1.34. The first-order valence-electron chi connectivity index (χ1n) is 10.6. The zero-order valence-corrected chi connectivity index (χ0v) is 20.1. The minimum atomic E-state index is -0.574. The number of benzene rings is 3. The highest BCUT2D eigenvalue weighted by Gasteiger charge is 2.17. The normalized spacial score (nSPS) is 11.7. The summed E-state index contributed by atoms with van der Waals surface area (Å²) in [7, 11) is 0. The van der Waals surface area contributed by atoms with E-state index >= 15 is 0 Å². The van der Waals surface area contributed by atoms with E-state index in [1.165, 1.54) is 41.3 Å². The van der Waals surface area contributed by atoms with Gasteiger partial charge in [0.15, 0.2) is 5.13 Å². The molecule has 0 spiro atoms. The van der Waals surface area contributed by atoms with Gasteiger partial charge < -0.3 is 15.4 Å². The van der Waals surface area contributed by atoms with Crippen LogP contribution in [0.2, 0.25) is 0 Å². The van der Waals surface area contributed by atoms with Crippen LogP contribution in [0.15, 0.2) is 71.6 Å². The summed E-state index contributed by atoms with van der Waals surface area (Å²) < 4.78 is 20.2. The third-order valence-electron chi connectivity index (χ3n) is 4.81. The van der Waals surface area contributed by atoms with Gasteiger partial charge in [0.25, 0.3) is 5.91 Å². The summed E-state index contributed by atoms with van der Waals surface area (Å²) in [4.78, 5) is 30.3. The van der Waals surface area contributed by atoms with Crippen molar-refractivity contribution in [2.45, 2.75) is 24.0 Å². The van der Waals surface area contributed by atoms with Crippen molar-refractivity contribution >= 4 is 55.9 Å². The number of nitrogens with zero attached hydrogens (tertiary/aromatic N) is 1. The minimum Gasteiger partial charge on any atom is -0.494 e. The molecule has 0 aliphatic heterocycles. The predicted octanol–water partition coefficient (Wildman–Crippen LogP) is 6.21. The molecule has 0 aliphatic rings. The third-order valence-corrected chi connectivity index (χ3v) is 6.86. The van der Waals surface area contributed by atoms with Crippen molar-refractivity contribution in [3.05, 3.63) is 78.1 Å². The van der Waals surface area contributed by atoms with Gasteiger partial charge in [0, 0.05) is 10.6 Å². The number of nitrogens with one attached hydrogen (secondary N) is 2. The van der Waals surface area contributed by atoms with Gasteiger partial charge in [0.2, 0.25) is 5.91 Å². The molecule has 2 amide bonds. The first-order chi connectivity index (χ1) is 16.4. The van der Waals surface area contributed by atoms with Crippen molar-refractivity contribution in [2.24, 2.45) is 0 Å². The maximum atomic E-state index is 13.8. The highest BCUT2D eigenvalue weighted by atomic mass is 32.2. The number of rotatable bonds is 8. The zero-order chi connectivity index (χ0) is 24.1. The summed E-state index contributed by atoms with van der Waals surface area (Å²) in [6, 6.07) is 18.5. The largest absolute Gasteiger partial charge is 0.494 e. The molecule has 34 heavy (non-hydrogen) atoms. The summed E-state index contributed by atoms with van der Waals surface area (Å²) >= 11 is 2.78. The number of ether oxygens (including phenoxy) is 1.